The molecule has 1 unspecified atom stereocenters. The molecule has 140 valence electrons. The normalized spacial score (nSPS) is 13.3. The van der Waals surface area contributed by atoms with Gasteiger partial charge in [0.1, 0.15) is 6.04 Å². The van der Waals surface area contributed by atoms with Crippen LogP contribution in [-0.2, 0) is 4.79 Å². The van der Waals surface area contributed by atoms with Crippen LogP contribution in [0.5, 0.6) is 0 Å². The predicted molar refractivity (Wildman–Crippen MR) is 102 cm³/mol. The molecule has 2 N–H and O–H groups in total. The van der Waals surface area contributed by atoms with Crippen molar-refractivity contribution in [3.8, 4) is 0 Å². The summed E-state index contributed by atoms with van der Waals surface area (Å²) in [5.41, 5.74) is 1.24. The van der Waals surface area contributed by atoms with E-state index in [1.165, 1.54) is 0 Å². The van der Waals surface area contributed by atoms with Crippen LogP contribution in [-0.4, -0.2) is 32.5 Å². The fourth-order valence-corrected chi connectivity index (χ4v) is 2.87. The quantitative estimate of drug-likeness (QED) is 0.702. The summed E-state index contributed by atoms with van der Waals surface area (Å²) in [6.07, 6.45) is 1.85. The first-order valence-electron chi connectivity index (χ1n) is 8.93. The van der Waals surface area contributed by atoms with E-state index < -0.39 is 6.04 Å². The highest BCUT2D eigenvalue weighted by atomic mass is 16.2. The molecular weight excluding hydrogens is 342 g/mol. The zero-order valence-electron chi connectivity index (χ0n) is 15.6. The van der Waals surface area contributed by atoms with Crippen LogP contribution in [0.3, 0.4) is 0 Å². The topological polar surface area (TPSA) is 88.4 Å². The van der Waals surface area contributed by atoms with E-state index in [1.807, 2.05) is 55.6 Å². The smallest absolute Gasteiger partial charge is 0.251 e. The number of nitrogens with zero attached hydrogens (tertiary/aromatic N) is 3. The third-order valence-corrected chi connectivity index (χ3v) is 4.36. The molecule has 3 aromatic rings. The monoisotopic (exact) mass is 365 g/mol. The van der Waals surface area contributed by atoms with Gasteiger partial charge in [-0.15, -0.1) is 10.2 Å². The Morgan fingerprint density at radius 3 is 2.33 bits per heavy atom. The highest BCUT2D eigenvalue weighted by Crippen LogP contribution is 2.13. The molecule has 1 aromatic carbocycles. The molecule has 7 heteroatoms. The lowest BCUT2D eigenvalue weighted by molar-refractivity contribution is -0.124. The largest absolute Gasteiger partial charge is 0.345 e. The van der Waals surface area contributed by atoms with Crippen LogP contribution in [0.4, 0.5) is 0 Å². The van der Waals surface area contributed by atoms with E-state index in [9.17, 15) is 9.59 Å². The Hall–Kier alpha value is -3.22. The van der Waals surface area contributed by atoms with E-state index in [0.717, 1.165) is 0 Å². The summed E-state index contributed by atoms with van der Waals surface area (Å²) < 4.78 is 1.83. The Morgan fingerprint density at radius 2 is 1.63 bits per heavy atom. The van der Waals surface area contributed by atoms with E-state index in [4.69, 9.17) is 0 Å². The average Bonchev–Trinajstić information content (AvgIpc) is 3.10. The van der Waals surface area contributed by atoms with Crippen LogP contribution in [0.25, 0.3) is 5.65 Å². The molecule has 0 spiro atoms. The molecule has 0 fully saturated rings. The molecule has 7 nitrogen and oxygen atoms in total. The highest BCUT2D eigenvalue weighted by molar-refractivity contribution is 5.97. The Labute approximate surface area is 157 Å². The number of rotatable bonds is 6. The first kappa shape index (κ1) is 18.6. The van der Waals surface area contributed by atoms with Crippen LogP contribution in [0.2, 0.25) is 0 Å². The number of carbonyl (C=O) groups excluding carboxylic acids is 2. The van der Waals surface area contributed by atoms with Crippen molar-refractivity contribution in [2.45, 2.75) is 32.9 Å². The van der Waals surface area contributed by atoms with Crippen LogP contribution in [0, 0.1) is 5.92 Å². The fourth-order valence-electron chi connectivity index (χ4n) is 2.87. The van der Waals surface area contributed by atoms with Gasteiger partial charge < -0.3 is 10.6 Å². The summed E-state index contributed by atoms with van der Waals surface area (Å²) in [7, 11) is 0. The molecule has 0 saturated carbocycles. The van der Waals surface area contributed by atoms with Gasteiger partial charge in [0.15, 0.2) is 11.5 Å². The molecule has 3 rings (SSSR count). The lowest BCUT2D eigenvalue weighted by Gasteiger charge is -2.23. The standard InChI is InChI=1S/C20H23N5O2/c1-13(2)17(22-19(26)15-9-5-4-6-10-15)20(27)21-14(3)18-24-23-16-11-7-8-12-25(16)18/h4-14,17H,1-3H3,(H,21,27)(H,22,26)/t14-,17?/m0/s1. The number of aromatic nitrogens is 3. The number of fused-ring (bicyclic) bond motifs is 1. The molecule has 0 aliphatic heterocycles. The van der Waals surface area contributed by atoms with Gasteiger partial charge in [0, 0.05) is 11.8 Å². The van der Waals surface area contributed by atoms with E-state index in [-0.39, 0.29) is 23.8 Å². The first-order chi connectivity index (χ1) is 13.0. The van der Waals surface area contributed by atoms with Gasteiger partial charge in [-0.1, -0.05) is 38.1 Å². The minimum Gasteiger partial charge on any atom is -0.345 e. The van der Waals surface area contributed by atoms with E-state index in [1.54, 1.807) is 24.3 Å². The Morgan fingerprint density at radius 1 is 0.926 bits per heavy atom. The van der Waals surface area contributed by atoms with Crippen molar-refractivity contribution >= 4 is 17.5 Å². The number of nitrogens with one attached hydrogen (secondary N) is 2. The zero-order valence-corrected chi connectivity index (χ0v) is 15.6. The third kappa shape index (κ3) is 4.13. The molecule has 2 atom stereocenters. The fraction of sp³-hybridized carbons (Fsp3) is 0.300. The zero-order chi connectivity index (χ0) is 19.4. The Bertz CT molecular complexity index is 936. The molecule has 2 amide bonds. The van der Waals surface area contributed by atoms with Crippen LogP contribution < -0.4 is 10.6 Å². The van der Waals surface area contributed by atoms with Crippen LogP contribution in [0.15, 0.2) is 54.7 Å². The summed E-state index contributed by atoms with van der Waals surface area (Å²) >= 11 is 0. The van der Waals surface area contributed by atoms with Gasteiger partial charge in [0.05, 0.1) is 6.04 Å². The predicted octanol–water partition coefficient (Wildman–Crippen LogP) is 2.36. The first-order valence-corrected chi connectivity index (χ1v) is 8.93. The van der Waals surface area contributed by atoms with Gasteiger partial charge in [0.2, 0.25) is 5.91 Å². The van der Waals surface area contributed by atoms with Gasteiger partial charge in [-0.2, -0.15) is 0 Å². The number of amides is 2. The minimum absolute atomic E-state index is 0.0694. The van der Waals surface area contributed by atoms with E-state index >= 15 is 0 Å². The molecule has 2 aromatic heterocycles. The van der Waals surface area contributed by atoms with Gasteiger partial charge in [0.25, 0.3) is 5.91 Å². The van der Waals surface area contributed by atoms with Crippen molar-refractivity contribution in [3.05, 3.63) is 66.1 Å². The van der Waals surface area contributed by atoms with Crippen molar-refractivity contribution in [3.63, 3.8) is 0 Å². The van der Waals surface area contributed by atoms with E-state index in [0.29, 0.717) is 17.0 Å². The van der Waals surface area contributed by atoms with Crippen LogP contribution in [0.1, 0.15) is 43.0 Å². The number of carbonyl (C=O) groups is 2. The molecule has 27 heavy (non-hydrogen) atoms. The lowest BCUT2D eigenvalue weighted by Crippen LogP contribution is -2.50. The van der Waals surface area contributed by atoms with Crippen molar-refractivity contribution in [1.82, 2.24) is 25.2 Å². The van der Waals surface area contributed by atoms with Gasteiger partial charge in [-0.3, -0.25) is 14.0 Å². The minimum atomic E-state index is -0.653. The maximum atomic E-state index is 12.8. The van der Waals surface area contributed by atoms with Gasteiger partial charge >= 0.3 is 0 Å². The van der Waals surface area contributed by atoms with Crippen LogP contribution >= 0.6 is 0 Å². The molecular formula is C20H23N5O2. The summed E-state index contributed by atoms with van der Waals surface area (Å²) in [6.45, 7) is 5.64. The highest BCUT2D eigenvalue weighted by Gasteiger charge is 2.27. The number of hydrogen-bond donors (Lipinski definition) is 2. The summed E-state index contributed by atoms with van der Waals surface area (Å²) in [6, 6.07) is 13.5. The molecule has 0 radical (unpaired) electrons. The number of pyridine rings is 1. The second kappa shape index (κ2) is 7.99. The summed E-state index contributed by atoms with van der Waals surface area (Å²) in [5.74, 6) is 0.0374. The molecule has 0 bridgehead atoms. The molecule has 0 aliphatic carbocycles. The SMILES string of the molecule is CC(C)C(NC(=O)c1ccccc1)C(=O)N[C@@H](C)c1nnc2ccccn12. The second-order valence-electron chi connectivity index (χ2n) is 6.78. The Balaban J connectivity index is 1.72. The van der Waals surface area contributed by atoms with Crippen molar-refractivity contribution < 1.29 is 9.59 Å². The van der Waals surface area contributed by atoms with Crippen molar-refractivity contribution in [2.24, 2.45) is 5.92 Å². The van der Waals surface area contributed by atoms with Crippen molar-refractivity contribution in [2.75, 3.05) is 0 Å². The van der Waals surface area contributed by atoms with E-state index in [2.05, 4.69) is 20.8 Å². The lowest BCUT2D eigenvalue weighted by atomic mass is 10.0. The average molecular weight is 365 g/mol. The Kier molecular flexibility index (Phi) is 5.49. The number of benzene rings is 1. The molecule has 2 heterocycles. The van der Waals surface area contributed by atoms with Gasteiger partial charge in [-0.05, 0) is 37.1 Å². The van der Waals surface area contributed by atoms with Gasteiger partial charge in [-0.25, -0.2) is 0 Å². The molecule has 0 aliphatic rings. The molecule has 0 saturated heterocycles. The second-order valence-corrected chi connectivity index (χ2v) is 6.78. The van der Waals surface area contributed by atoms with Crippen molar-refractivity contribution in [1.29, 1.82) is 0 Å². The third-order valence-electron chi connectivity index (χ3n) is 4.36. The summed E-state index contributed by atoms with van der Waals surface area (Å²) in [4.78, 5) is 25.2. The summed E-state index contributed by atoms with van der Waals surface area (Å²) in [5, 5.41) is 14.0. The number of hydrogen-bond acceptors (Lipinski definition) is 4. The maximum absolute atomic E-state index is 12.8. The maximum Gasteiger partial charge on any atom is 0.251 e.